The molecule has 2 aliphatic rings. The smallest absolute Gasteiger partial charge is 0.333 e. The van der Waals surface area contributed by atoms with E-state index < -0.39 is 11.7 Å². The highest BCUT2D eigenvalue weighted by Gasteiger charge is 2.57. The van der Waals surface area contributed by atoms with Gasteiger partial charge in [0.2, 0.25) is 0 Å². The summed E-state index contributed by atoms with van der Waals surface area (Å²) in [6.07, 6.45) is 3.56. The van der Waals surface area contributed by atoms with Crippen LogP contribution in [0.1, 0.15) is 67.2 Å². The van der Waals surface area contributed by atoms with Gasteiger partial charge in [0.25, 0.3) is 0 Å². The lowest BCUT2D eigenvalue weighted by Gasteiger charge is -2.55. The minimum Gasteiger partial charge on any atom is -0.456 e. The van der Waals surface area contributed by atoms with Gasteiger partial charge in [0.1, 0.15) is 11.7 Å². The van der Waals surface area contributed by atoms with E-state index in [2.05, 4.69) is 6.92 Å². The van der Waals surface area contributed by atoms with Crippen LogP contribution in [-0.2, 0) is 14.3 Å². The van der Waals surface area contributed by atoms with Crippen LogP contribution in [0.15, 0.2) is 22.8 Å². The number of ether oxygens (including phenoxy) is 1. The van der Waals surface area contributed by atoms with E-state index in [-0.39, 0.29) is 23.1 Å². The van der Waals surface area contributed by atoms with Crippen molar-refractivity contribution in [1.82, 2.24) is 0 Å². The molecule has 2 saturated carbocycles. The Morgan fingerprint density at radius 2 is 1.92 bits per heavy atom. The molecule has 4 heteroatoms. The third-order valence-electron chi connectivity index (χ3n) is 6.09. The Hall–Kier alpha value is -1.42. The average Bonchev–Trinajstić information content (AvgIpc) is 2.48. The number of carbonyl (C=O) groups excluding carboxylic acids is 2. The molecule has 0 spiro atoms. The van der Waals surface area contributed by atoms with Crippen LogP contribution in [0.4, 0.5) is 0 Å². The first kappa shape index (κ1) is 18.9. The van der Waals surface area contributed by atoms with Crippen molar-refractivity contribution in [3.63, 3.8) is 0 Å². The SMILES string of the molecule is C/C=C(/C)C(=O)O[C@@H]1CC[C@@]2(C)CC(=O)C(=C(C)C)C[C@H]2[C@@]1(C)O. The van der Waals surface area contributed by atoms with Gasteiger partial charge >= 0.3 is 5.97 Å². The Morgan fingerprint density at radius 3 is 2.46 bits per heavy atom. The van der Waals surface area contributed by atoms with E-state index >= 15 is 0 Å². The van der Waals surface area contributed by atoms with E-state index in [1.54, 1.807) is 26.8 Å². The zero-order valence-electron chi connectivity index (χ0n) is 15.7. The van der Waals surface area contributed by atoms with Gasteiger partial charge in [0, 0.05) is 17.9 Å². The van der Waals surface area contributed by atoms with E-state index in [9.17, 15) is 14.7 Å². The van der Waals surface area contributed by atoms with Gasteiger partial charge in [-0.05, 0) is 64.9 Å². The first-order valence-electron chi connectivity index (χ1n) is 8.78. The molecule has 0 aromatic carbocycles. The third kappa shape index (κ3) is 3.21. The maximum absolute atomic E-state index is 12.5. The number of aliphatic hydroxyl groups is 1. The molecule has 0 aliphatic heterocycles. The summed E-state index contributed by atoms with van der Waals surface area (Å²) in [6.45, 7) is 11.2. The van der Waals surface area contributed by atoms with Gasteiger partial charge in [-0.3, -0.25) is 4.79 Å². The number of carbonyl (C=O) groups is 2. The quantitative estimate of drug-likeness (QED) is 0.617. The summed E-state index contributed by atoms with van der Waals surface area (Å²) in [5, 5.41) is 11.3. The normalized spacial score (nSPS) is 37.0. The number of hydrogen-bond acceptors (Lipinski definition) is 4. The summed E-state index contributed by atoms with van der Waals surface area (Å²) >= 11 is 0. The van der Waals surface area contributed by atoms with Crippen LogP contribution in [0.25, 0.3) is 0 Å². The largest absolute Gasteiger partial charge is 0.456 e. The Bertz CT molecular complexity index is 607. The molecule has 2 rings (SSSR count). The highest BCUT2D eigenvalue weighted by molar-refractivity contribution is 5.97. The van der Waals surface area contributed by atoms with Crippen LogP contribution in [0.2, 0.25) is 0 Å². The monoisotopic (exact) mass is 334 g/mol. The molecule has 0 aromatic heterocycles. The molecule has 4 atom stereocenters. The molecule has 134 valence electrons. The van der Waals surface area contributed by atoms with Crippen molar-refractivity contribution in [2.24, 2.45) is 11.3 Å². The zero-order chi connectivity index (χ0) is 18.3. The van der Waals surface area contributed by atoms with Crippen LogP contribution in [-0.4, -0.2) is 28.6 Å². The van der Waals surface area contributed by atoms with Crippen LogP contribution in [0.3, 0.4) is 0 Å². The van der Waals surface area contributed by atoms with E-state index in [0.717, 1.165) is 17.6 Å². The molecule has 2 aliphatic carbocycles. The Kier molecular flexibility index (Phi) is 5.10. The predicted octanol–water partition coefficient (Wildman–Crippen LogP) is 3.73. The van der Waals surface area contributed by atoms with Gasteiger partial charge in [-0.25, -0.2) is 4.79 Å². The van der Waals surface area contributed by atoms with Crippen molar-refractivity contribution >= 4 is 11.8 Å². The van der Waals surface area contributed by atoms with Crippen molar-refractivity contribution in [1.29, 1.82) is 0 Å². The Morgan fingerprint density at radius 1 is 1.29 bits per heavy atom. The van der Waals surface area contributed by atoms with Crippen LogP contribution in [0.5, 0.6) is 0 Å². The molecular weight excluding hydrogens is 304 g/mol. The second-order valence-corrected chi connectivity index (χ2v) is 8.12. The fraction of sp³-hybridized carbons (Fsp3) is 0.700. The van der Waals surface area contributed by atoms with Crippen molar-refractivity contribution in [3.8, 4) is 0 Å². The third-order valence-corrected chi connectivity index (χ3v) is 6.09. The van der Waals surface area contributed by atoms with E-state index in [0.29, 0.717) is 24.8 Å². The number of hydrogen-bond donors (Lipinski definition) is 1. The lowest BCUT2D eigenvalue weighted by molar-refractivity contribution is -0.197. The standard InChI is InChI=1S/C20H30O4/c1-7-13(4)18(22)24-17-8-9-19(5)11-15(21)14(12(2)3)10-16(19)20(17,6)23/h7,16-17,23H,8-11H2,1-6H3/b13-7-/t16-,17-,19+,20-/m1/s1. The lowest BCUT2D eigenvalue weighted by Crippen LogP contribution is -2.59. The molecule has 0 unspecified atom stereocenters. The van der Waals surface area contributed by atoms with Crippen LogP contribution < -0.4 is 0 Å². The van der Waals surface area contributed by atoms with Gasteiger partial charge in [0.15, 0.2) is 5.78 Å². The Labute approximate surface area is 145 Å². The van der Waals surface area contributed by atoms with Gasteiger partial charge in [-0.1, -0.05) is 18.6 Å². The first-order valence-corrected chi connectivity index (χ1v) is 8.78. The van der Waals surface area contributed by atoms with Crippen molar-refractivity contribution in [2.75, 3.05) is 0 Å². The number of rotatable bonds is 2. The fourth-order valence-electron chi connectivity index (χ4n) is 4.31. The summed E-state index contributed by atoms with van der Waals surface area (Å²) in [5.41, 5.74) is 1.01. The number of allylic oxidation sites excluding steroid dienone is 3. The topological polar surface area (TPSA) is 63.6 Å². The number of fused-ring (bicyclic) bond motifs is 1. The average molecular weight is 334 g/mol. The molecule has 0 aromatic rings. The molecular formula is C20H30O4. The van der Waals surface area contributed by atoms with Crippen molar-refractivity contribution in [3.05, 3.63) is 22.8 Å². The van der Waals surface area contributed by atoms with Crippen LogP contribution >= 0.6 is 0 Å². The Balaban J connectivity index is 2.31. The summed E-state index contributed by atoms with van der Waals surface area (Å²) in [6, 6.07) is 0. The molecule has 1 N–H and O–H groups in total. The maximum Gasteiger partial charge on any atom is 0.333 e. The summed E-state index contributed by atoms with van der Waals surface area (Å²) in [4.78, 5) is 24.6. The second-order valence-electron chi connectivity index (χ2n) is 8.12. The van der Waals surface area contributed by atoms with E-state index in [1.807, 2.05) is 13.8 Å². The van der Waals surface area contributed by atoms with E-state index in [4.69, 9.17) is 4.74 Å². The fourth-order valence-corrected chi connectivity index (χ4v) is 4.31. The number of Topliss-reactive ketones (excluding diaryl/α,β-unsaturated/α-hetero) is 1. The molecule has 24 heavy (non-hydrogen) atoms. The molecule has 0 heterocycles. The van der Waals surface area contributed by atoms with Gasteiger partial charge in [-0.2, -0.15) is 0 Å². The minimum absolute atomic E-state index is 0.0925. The second kappa shape index (κ2) is 6.47. The van der Waals surface area contributed by atoms with Gasteiger partial charge < -0.3 is 9.84 Å². The van der Waals surface area contributed by atoms with Crippen molar-refractivity contribution in [2.45, 2.75) is 78.9 Å². The minimum atomic E-state index is -1.14. The summed E-state index contributed by atoms with van der Waals surface area (Å²) in [7, 11) is 0. The summed E-state index contributed by atoms with van der Waals surface area (Å²) < 4.78 is 5.62. The van der Waals surface area contributed by atoms with E-state index in [1.165, 1.54) is 0 Å². The maximum atomic E-state index is 12.5. The highest BCUT2D eigenvalue weighted by atomic mass is 16.6. The number of ketones is 1. The van der Waals surface area contributed by atoms with Gasteiger partial charge in [-0.15, -0.1) is 0 Å². The summed E-state index contributed by atoms with van der Waals surface area (Å²) in [5.74, 6) is -0.268. The molecule has 0 amide bonds. The number of esters is 1. The van der Waals surface area contributed by atoms with Crippen LogP contribution in [0, 0.1) is 11.3 Å². The highest BCUT2D eigenvalue weighted by Crippen LogP contribution is 2.55. The zero-order valence-corrected chi connectivity index (χ0v) is 15.7. The predicted molar refractivity (Wildman–Crippen MR) is 93.4 cm³/mol. The lowest BCUT2D eigenvalue weighted by atomic mass is 9.53. The van der Waals surface area contributed by atoms with Gasteiger partial charge in [0.05, 0.1) is 0 Å². The van der Waals surface area contributed by atoms with Crippen molar-refractivity contribution < 1.29 is 19.4 Å². The molecule has 2 fully saturated rings. The first-order chi connectivity index (χ1) is 11.0. The molecule has 4 nitrogen and oxygen atoms in total. The molecule has 0 bridgehead atoms. The molecule has 0 radical (unpaired) electrons. The molecule has 0 saturated heterocycles.